The number of rotatable bonds is 7. The molecule has 1 heterocycles. The smallest absolute Gasteiger partial charge is 0.118 e. The number of β-amino-alcohol motifs (C(OH)–C–C–N with tert-alkyl or cyclic N) is 1. The zero-order valence-electron chi connectivity index (χ0n) is 13.1. The lowest BCUT2D eigenvalue weighted by Gasteiger charge is -2.29. The van der Waals surface area contributed by atoms with E-state index < -0.39 is 0 Å². The summed E-state index contributed by atoms with van der Waals surface area (Å²) in [5.74, 6) is 2.81. The Morgan fingerprint density at radius 2 is 2.14 bits per heavy atom. The molecule has 0 aliphatic carbocycles. The summed E-state index contributed by atoms with van der Waals surface area (Å²) >= 11 is 1.84. The quantitative estimate of drug-likeness (QED) is 0.715. The number of aliphatic hydroxyl groups excluding tert-OH is 1. The average Bonchev–Trinajstić information content (AvgIpc) is 2.99. The average molecular weight is 310 g/mol. The zero-order valence-corrected chi connectivity index (χ0v) is 13.9. The fourth-order valence-electron chi connectivity index (χ4n) is 2.50. The van der Waals surface area contributed by atoms with Gasteiger partial charge < -0.3 is 20.5 Å². The highest BCUT2D eigenvalue weighted by Gasteiger charge is 2.25. The van der Waals surface area contributed by atoms with Crippen molar-refractivity contribution >= 4 is 11.8 Å². The molecule has 1 aromatic carbocycles. The van der Waals surface area contributed by atoms with Crippen LogP contribution in [0.25, 0.3) is 0 Å². The van der Waals surface area contributed by atoms with Crippen LogP contribution in [0.2, 0.25) is 0 Å². The van der Waals surface area contributed by atoms with Crippen molar-refractivity contribution in [2.24, 2.45) is 0 Å². The molecular weight excluding hydrogens is 284 g/mol. The SMILES string of the molecule is COc1ccc(CC(C)(C)NC[C@@H](O)[C@H]2CSCN2)cc1. The second-order valence-corrected chi connectivity index (χ2v) is 7.21. The summed E-state index contributed by atoms with van der Waals surface area (Å²) in [6.45, 7) is 4.95. The topological polar surface area (TPSA) is 53.5 Å². The molecule has 3 N–H and O–H groups in total. The van der Waals surface area contributed by atoms with Gasteiger partial charge >= 0.3 is 0 Å². The van der Waals surface area contributed by atoms with Gasteiger partial charge in [0.25, 0.3) is 0 Å². The minimum absolute atomic E-state index is 0.0543. The van der Waals surface area contributed by atoms with Gasteiger partial charge in [-0.3, -0.25) is 0 Å². The molecule has 2 rings (SSSR count). The van der Waals surface area contributed by atoms with Crippen LogP contribution in [0.5, 0.6) is 5.75 Å². The van der Waals surface area contributed by atoms with E-state index in [1.54, 1.807) is 7.11 Å². The molecule has 0 amide bonds. The lowest BCUT2D eigenvalue weighted by molar-refractivity contribution is 0.129. The molecule has 5 heteroatoms. The molecule has 1 fully saturated rings. The standard InChI is InChI=1S/C16H26N2O2S/c1-16(2,8-12-4-6-13(20-3)7-5-12)18-9-15(19)14-10-21-11-17-14/h4-7,14-15,17-19H,8-11H2,1-3H3/t14-,15-/m1/s1. The summed E-state index contributed by atoms with van der Waals surface area (Å²) in [7, 11) is 1.68. The Labute approximate surface area is 131 Å². The van der Waals surface area contributed by atoms with E-state index in [0.29, 0.717) is 6.54 Å². The van der Waals surface area contributed by atoms with Gasteiger partial charge in [-0.05, 0) is 38.0 Å². The van der Waals surface area contributed by atoms with E-state index in [1.807, 2.05) is 23.9 Å². The maximum atomic E-state index is 10.2. The second kappa shape index (κ2) is 7.49. The summed E-state index contributed by atoms with van der Waals surface area (Å²) < 4.78 is 5.18. The van der Waals surface area contributed by atoms with Crippen molar-refractivity contribution in [2.75, 3.05) is 25.3 Å². The molecule has 0 saturated carbocycles. The Kier molecular flexibility index (Phi) is 5.93. The largest absolute Gasteiger partial charge is 0.497 e. The lowest BCUT2D eigenvalue weighted by atomic mass is 9.94. The van der Waals surface area contributed by atoms with Gasteiger partial charge in [0, 0.05) is 29.8 Å². The molecule has 4 nitrogen and oxygen atoms in total. The van der Waals surface area contributed by atoms with E-state index in [9.17, 15) is 5.11 Å². The third-order valence-corrected chi connectivity index (χ3v) is 4.77. The third kappa shape index (κ3) is 5.18. The fourth-order valence-corrected chi connectivity index (χ4v) is 3.54. The number of benzene rings is 1. The van der Waals surface area contributed by atoms with Gasteiger partial charge in [0.05, 0.1) is 13.2 Å². The first-order valence-electron chi connectivity index (χ1n) is 7.37. The van der Waals surface area contributed by atoms with E-state index >= 15 is 0 Å². The fraction of sp³-hybridized carbons (Fsp3) is 0.625. The van der Waals surface area contributed by atoms with Crippen molar-refractivity contribution in [3.8, 4) is 5.75 Å². The number of thioether (sulfide) groups is 1. The minimum Gasteiger partial charge on any atom is -0.497 e. The summed E-state index contributed by atoms with van der Waals surface area (Å²) in [4.78, 5) is 0. The van der Waals surface area contributed by atoms with E-state index in [0.717, 1.165) is 23.8 Å². The maximum Gasteiger partial charge on any atom is 0.118 e. The molecule has 0 spiro atoms. The Morgan fingerprint density at radius 1 is 1.43 bits per heavy atom. The van der Waals surface area contributed by atoms with Crippen molar-refractivity contribution in [1.29, 1.82) is 0 Å². The normalized spacial score (nSPS) is 20.5. The molecule has 1 aliphatic heterocycles. The Bertz CT molecular complexity index is 430. The molecular formula is C16H26N2O2S. The van der Waals surface area contributed by atoms with Gasteiger partial charge in [-0.2, -0.15) is 0 Å². The van der Waals surface area contributed by atoms with Crippen LogP contribution in [0.4, 0.5) is 0 Å². The van der Waals surface area contributed by atoms with Gasteiger partial charge in [0.1, 0.15) is 5.75 Å². The number of hydrogen-bond acceptors (Lipinski definition) is 5. The predicted molar refractivity (Wildman–Crippen MR) is 89.0 cm³/mol. The molecule has 1 aliphatic rings. The first-order valence-corrected chi connectivity index (χ1v) is 8.53. The van der Waals surface area contributed by atoms with E-state index in [2.05, 4.69) is 36.6 Å². The van der Waals surface area contributed by atoms with Gasteiger partial charge in [-0.25, -0.2) is 0 Å². The summed E-state index contributed by atoms with van der Waals surface area (Å²) in [5, 5.41) is 17.0. The molecule has 0 bridgehead atoms. The Morgan fingerprint density at radius 3 is 2.71 bits per heavy atom. The lowest BCUT2D eigenvalue weighted by Crippen LogP contribution is -2.50. The van der Waals surface area contributed by atoms with Crippen molar-refractivity contribution in [1.82, 2.24) is 10.6 Å². The summed E-state index contributed by atoms with van der Waals surface area (Å²) in [6.07, 6.45) is 0.575. The number of hydrogen-bond donors (Lipinski definition) is 3. The van der Waals surface area contributed by atoms with Crippen LogP contribution in [0.1, 0.15) is 19.4 Å². The highest BCUT2D eigenvalue weighted by molar-refractivity contribution is 7.99. The molecule has 2 atom stereocenters. The summed E-state index contributed by atoms with van der Waals surface area (Å²) in [5.41, 5.74) is 1.21. The molecule has 0 unspecified atom stereocenters. The Hall–Kier alpha value is -0.750. The van der Waals surface area contributed by atoms with Gasteiger partial charge in [-0.1, -0.05) is 12.1 Å². The number of methoxy groups -OCH3 is 1. The highest BCUT2D eigenvalue weighted by Crippen LogP contribution is 2.17. The van der Waals surface area contributed by atoms with E-state index in [-0.39, 0.29) is 17.7 Å². The van der Waals surface area contributed by atoms with Crippen LogP contribution in [0.15, 0.2) is 24.3 Å². The highest BCUT2D eigenvalue weighted by atomic mass is 32.2. The van der Waals surface area contributed by atoms with Crippen LogP contribution in [-0.2, 0) is 6.42 Å². The van der Waals surface area contributed by atoms with Crippen molar-refractivity contribution < 1.29 is 9.84 Å². The van der Waals surface area contributed by atoms with Crippen LogP contribution < -0.4 is 15.4 Å². The minimum atomic E-state index is -0.338. The molecule has 1 aromatic rings. The second-order valence-electron chi connectivity index (χ2n) is 6.18. The first kappa shape index (κ1) is 16.6. The zero-order chi connectivity index (χ0) is 15.3. The van der Waals surface area contributed by atoms with Crippen LogP contribution in [0.3, 0.4) is 0 Å². The molecule has 118 valence electrons. The van der Waals surface area contributed by atoms with Gasteiger partial charge in [0.2, 0.25) is 0 Å². The van der Waals surface area contributed by atoms with Crippen LogP contribution >= 0.6 is 11.8 Å². The van der Waals surface area contributed by atoms with Crippen molar-refractivity contribution in [3.05, 3.63) is 29.8 Å². The first-order chi connectivity index (χ1) is 10.00. The van der Waals surface area contributed by atoms with Crippen molar-refractivity contribution in [2.45, 2.75) is 38.0 Å². The molecule has 1 saturated heterocycles. The van der Waals surface area contributed by atoms with Crippen LogP contribution in [-0.4, -0.2) is 48.1 Å². The monoisotopic (exact) mass is 310 g/mol. The van der Waals surface area contributed by atoms with E-state index in [1.165, 1.54) is 5.56 Å². The maximum absolute atomic E-state index is 10.2. The number of aliphatic hydroxyl groups is 1. The van der Waals surface area contributed by atoms with Gasteiger partial charge in [-0.15, -0.1) is 11.8 Å². The predicted octanol–water partition coefficient (Wildman–Crippen LogP) is 1.63. The molecule has 0 aromatic heterocycles. The van der Waals surface area contributed by atoms with Crippen LogP contribution in [0, 0.1) is 0 Å². The molecule has 21 heavy (non-hydrogen) atoms. The van der Waals surface area contributed by atoms with E-state index in [4.69, 9.17) is 4.74 Å². The Balaban J connectivity index is 1.82. The summed E-state index contributed by atoms with van der Waals surface area (Å²) in [6, 6.07) is 8.36. The number of ether oxygens (including phenoxy) is 1. The van der Waals surface area contributed by atoms with Crippen molar-refractivity contribution in [3.63, 3.8) is 0 Å². The molecule has 0 radical (unpaired) electrons. The van der Waals surface area contributed by atoms with Gasteiger partial charge in [0.15, 0.2) is 0 Å². The number of nitrogens with one attached hydrogen (secondary N) is 2. The third-order valence-electron chi connectivity index (χ3n) is 3.80.